The molecule has 0 atom stereocenters. The number of carboxylic acid groups (broad SMARTS) is 1. The van der Waals surface area contributed by atoms with Crippen LogP contribution < -0.4 is 4.90 Å². The van der Waals surface area contributed by atoms with Gasteiger partial charge in [0.1, 0.15) is 0 Å². The number of anilines is 1. The molecule has 18 heavy (non-hydrogen) atoms. The van der Waals surface area contributed by atoms with E-state index in [0.29, 0.717) is 5.56 Å². The Labute approximate surface area is 104 Å². The summed E-state index contributed by atoms with van der Waals surface area (Å²) in [4.78, 5) is 27.3. The average molecular weight is 244 g/mol. The van der Waals surface area contributed by atoms with E-state index in [1.165, 1.54) is 17.0 Å². The van der Waals surface area contributed by atoms with Crippen LogP contribution in [0.25, 0.3) is 0 Å². The minimum atomic E-state index is -1.05. The zero-order valence-electron chi connectivity index (χ0n) is 9.75. The van der Waals surface area contributed by atoms with Crippen molar-refractivity contribution in [1.29, 1.82) is 0 Å². The van der Waals surface area contributed by atoms with Crippen molar-refractivity contribution in [2.24, 2.45) is 0 Å². The number of nitrogens with one attached hydrogen (secondary N) is 1. The van der Waals surface area contributed by atoms with E-state index in [2.05, 4.69) is 4.98 Å². The van der Waals surface area contributed by atoms with Crippen LogP contribution in [0, 0.1) is 0 Å². The molecular formula is C13H12N2O3. The van der Waals surface area contributed by atoms with Crippen molar-refractivity contribution >= 4 is 17.6 Å². The number of aromatic amines is 1. The maximum Gasteiger partial charge on any atom is 0.335 e. The summed E-state index contributed by atoms with van der Waals surface area (Å²) in [6.07, 6.45) is 3.41. The number of rotatable bonds is 3. The lowest BCUT2D eigenvalue weighted by molar-refractivity contribution is 0.0697. The van der Waals surface area contributed by atoms with Gasteiger partial charge in [-0.25, -0.2) is 4.79 Å². The number of carbonyl (C=O) groups is 2. The fourth-order valence-electron chi connectivity index (χ4n) is 1.62. The number of amides is 1. The van der Waals surface area contributed by atoms with Crippen molar-refractivity contribution in [3.63, 3.8) is 0 Å². The van der Waals surface area contributed by atoms with Gasteiger partial charge in [-0.3, -0.25) is 4.79 Å². The zero-order chi connectivity index (χ0) is 13.1. The summed E-state index contributed by atoms with van der Waals surface area (Å²) in [6.45, 7) is 0. The van der Waals surface area contributed by atoms with Crippen LogP contribution in [0.2, 0.25) is 0 Å². The van der Waals surface area contributed by atoms with E-state index in [1.807, 2.05) is 0 Å². The second kappa shape index (κ2) is 4.75. The Morgan fingerprint density at radius 1 is 1.22 bits per heavy atom. The van der Waals surface area contributed by atoms with E-state index >= 15 is 0 Å². The van der Waals surface area contributed by atoms with Crippen molar-refractivity contribution in [3.05, 3.63) is 53.9 Å². The monoisotopic (exact) mass is 244 g/mol. The third-order valence-corrected chi connectivity index (χ3v) is 2.63. The summed E-state index contributed by atoms with van der Waals surface area (Å²) in [5.74, 6) is -1.30. The molecule has 0 saturated carbocycles. The summed E-state index contributed by atoms with van der Waals surface area (Å²) >= 11 is 0. The molecule has 1 aromatic heterocycles. The van der Waals surface area contributed by atoms with Gasteiger partial charge < -0.3 is 15.0 Å². The number of hydrogen-bond acceptors (Lipinski definition) is 2. The van der Waals surface area contributed by atoms with Gasteiger partial charge in [-0.2, -0.15) is 0 Å². The molecular weight excluding hydrogens is 232 g/mol. The van der Waals surface area contributed by atoms with Crippen LogP contribution >= 0.6 is 0 Å². The fraction of sp³-hybridized carbons (Fsp3) is 0.0769. The highest BCUT2D eigenvalue weighted by Gasteiger charge is 2.15. The van der Waals surface area contributed by atoms with Crippen molar-refractivity contribution < 1.29 is 14.7 Å². The van der Waals surface area contributed by atoms with Gasteiger partial charge in [0.15, 0.2) is 0 Å². The quantitative estimate of drug-likeness (QED) is 0.867. The first-order chi connectivity index (χ1) is 8.59. The van der Waals surface area contributed by atoms with E-state index in [0.717, 1.165) is 5.69 Å². The highest BCUT2D eigenvalue weighted by molar-refractivity contribution is 6.06. The number of carboxylic acids is 1. The number of benzene rings is 1. The average Bonchev–Trinajstić information content (AvgIpc) is 2.91. The summed E-state index contributed by atoms with van der Waals surface area (Å²) in [6, 6.07) is 7.74. The molecule has 2 N–H and O–H groups in total. The number of carbonyl (C=O) groups excluding carboxylic acids is 1. The van der Waals surface area contributed by atoms with E-state index in [-0.39, 0.29) is 11.5 Å². The Hall–Kier alpha value is -2.56. The van der Waals surface area contributed by atoms with Gasteiger partial charge in [-0.05, 0) is 24.3 Å². The second-order valence-electron chi connectivity index (χ2n) is 3.82. The lowest BCUT2D eigenvalue weighted by Crippen LogP contribution is -2.25. The molecule has 0 aliphatic carbocycles. The first-order valence-electron chi connectivity index (χ1n) is 5.34. The molecule has 1 aromatic carbocycles. The molecule has 1 heterocycles. The molecule has 0 fully saturated rings. The second-order valence-corrected chi connectivity index (χ2v) is 3.82. The molecule has 0 aliphatic heterocycles. The first-order valence-corrected chi connectivity index (χ1v) is 5.34. The normalized spacial score (nSPS) is 10.1. The number of nitrogens with zero attached hydrogens (tertiary/aromatic N) is 1. The van der Waals surface area contributed by atoms with E-state index < -0.39 is 5.97 Å². The van der Waals surface area contributed by atoms with Gasteiger partial charge in [-0.1, -0.05) is 6.07 Å². The van der Waals surface area contributed by atoms with Crippen LogP contribution in [0.3, 0.4) is 0 Å². The molecule has 2 aromatic rings. The molecule has 0 unspecified atom stereocenters. The maximum absolute atomic E-state index is 12.1. The topological polar surface area (TPSA) is 73.4 Å². The van der Waals surface area contributed by atoms with Crippen LogP contribution in [0.15, 0.2) is 42.7 Å². The number of aromatic carboxylic acids is 1. The van der Waals surface area contributed by atoms with Crippen LogP contribution in [0.5, 0.6) is 0 Å². The van der Waals surface area contributed by atoms with Crippen LogP contribution in [0.1, 0.15) is 20.7 Å². The Bertz CT molecular complexity index is 576. The third kappa shape index (κ3) is 2.24. The largest absolute Gasteiger partial charge is 0.478 e. The summed E-state index contributed by atoms with van der Waals surface area (Å²) in [5, 5.41) is 8.88. The third-order valence-electron chi connectivity index (χ3n) is 2.63. The van der Waals surface area contributed by atoms with E-state index in [1.54, 1.807) is 37.6 Å². The highest BCUT2D eigenvalue weighted by Crippen LogP contribution is 2.15. The fourth-order valence-corrected chi connectivity index (χ4v) is 1.62. The van der Waals surface area contributed by atoms with Crippen LogP contribution in [0.4, 0.5) is 5.69 Å². The minimum absolute atomic E-state index is 0.100. The van der Waals surface area contributed by atoms with Gasteiger partial charge in [0.2, 0.25) is 0 Å². The van der Waals surface area contributed by atoms with Gasteiger partial charge in [0.05, 0.1) is 11.3 Å². The van der Waals surface area contributed by atoms with Gasteiger partial charge >= 0.3 is 5.97 Å². The Morgan fingerprint density at radius 2 is 1.94 bits per heavy atom. The van der Waals surface area contributed by atoms with E-state index in [4.69, 9.17) is 5.11 Å². The Morgan fingerprint density at radius 3 is 2.56 bits per heavy atom. The van der Waals surface area contributed by atoms with Crippen molar-refractivity contribution in [2.45, 2.75) is 0 Å². The van der Waals surface area contributed by atoms with Crippen molar-refractivity contribution in [3.8, 4) is 0 Å². The zero-order valence-corrected chi connectivity index (χ0v) is 9.75. The van der Waals surface area contributed by atoms with Crippen LogP contribution in [-0.4, -0.2) is 29.0 Å². The van der Waals surface area contributed by atoms with Crippen molar-refractivity contribution in [2.75, 3.05) is 11.9 Å². The van der Waals surface area contributed by atoms with Gasteiger partial charge in [-0.15, -0.1) is 0 Å². The predicted octanol–water partition coefficient (Wildman–Crippen LogP) is 1.99. The summed E-state index contributed by atoms with van der Waals surface area (Å²) in [7, 11) is 1.64. The molecule has 5 heteroatoms. The predicted molar refractivity (Wildman–Crippen MR) is 66.9 cm³/mol. The minimum Gasteiger partial charge on any atom is -0.478 e. The Kier molecular flexibility index (Phi) is 3.14. The molecule has 0 radical (unpaired) electrons. The first kappa shape index (κ1) is 11.9. The molecule has 0 aliphatic rings. The SMILES string of the molecule is CN(C(=O)c1cccc(C(=O)O)c1)c1cc[nH]c1. The number of hydrogen-bond donors (Lipinski definition) is 2. The van der Waals surface area contributed by atoms with E-state index in [9.17, 15) is 9.59 Å². The van der Waals surface area contributed by atoms with Gasteiger partial charge in [0, 0.05) is 25.0 Å². The lowest BCUT2D eigenvalue weighted by Gasteiger charge is -2.15. The summed E-state index contributed by atoms with van der Waals surface area (Å²) < 4.78 is 0. The summed E-state index contributed by atoms with van der Waals surface area (Å²) in [5.41, 5.74) is 1.17. The molecule has 0 saturated heterocycles. The maximum atomic E-state index is 12.1. The highest BCUT2D eigenvalue weighted by atomic mass is 16.4. The van der Waals surface area contributed by atoms with Gasteiger partial charge in [0.25, 0.3) is 5.91 Å². The Balaban J connectivity index is 2.29. The molecule has 2 rings (SSSR count). The molecule has 1 amide bonds. The molecule has 5 nitrogen and oxygen atoms in total. The van der Waals surface area contributed by atoms with Crippen molar-refractivity contribution in [1.82, 2.24) is 4.98 Å². The molecule has 0 bridgehead atoms. The standard InChI is InChI=1S/C13H12N2O3/c1-15(11-5-6-14-8-11)12(16)9-3-2-4-10(7-9)13(17)18/h2-8,14H,1H3,(H,17,18). The van der Waals surface area contributed by atoms with Crippen LogP contribution in [-0.2, 0) is 0 Å². The smallest absolute Gasteiger partial charge is 0.335 e. The number of aromatic nitrogens is 1. The number of H-pyrrole nitrogens is 1. The molecule has 0 spiro atoms. The lowest BCUT2D eigenvalue weighted by atomic mass is 10.1. The molecule has 92 valence electrons.